The van der Waals surface area contributed by atoms with E-state index >= 15 is 0 Å². The normalized spacial score (nSPS) is 25.3. The molecule has 0 radical (unpaired) electrons. The van der Waals surface area contributed by atoms with Gasteiger partial charge in [-0.25, -0.2) is 0 Å². The molecule has 0 aromatic heterocycles. The average Bonchev–Trinajstić information content (AvgIpc) is 2.30. The summed E-state index contributed by atoms with van der Waals surface area (Å²) in [6.45, 7) is 4.00. The van der Waals surface area contributed by atoms with Crippen molar-refractivity contribution in [2.75, 3.05) is 33.0 Å². The highest BCUT2D eigenvalue weighted by Gasteiger charge is 2.26. The lowest BCUT2D eigenvalue weighted by Crippen LogP contribution is -2.47. The van der Waals surface area contributed by atoms with Gasteiger partial charge in [-0.2, -0.15) is 11.8 Å². The number of aliphatic hydroxyl groups is 1. The number of hydrogen-bond donors (Lipinski definition) is 2. The number of rotatable bonds is 5. The summed E-state index contributed by atoms with van der Waals surface area (Å²) < 4.78 is 0. The SMILES string of the molecule is CS[C@H](CO)[C@H](C)NC(=O)[C@@H]1CCCN(C)C1. The van der Waals surface area contributed by atoms with E-state index in [0.29, 0.717) is 0 Å². The Morgan fingerprint density at radius 2 is 2.35 bits per heavy atom. The van der Waals surface area contributed by atoms with E-state index in [1.807, 2.05) is 13.2 Å². The highest BCUT2D eigenvalue weighted by molar-refractivity contribution is 7.99. The van der Waals surface area contributed by atoms with Crippen molar-refractivity contribution in [3.8, 4) is 0 Å². The monoisotopic (exact) mass is 260 g/mol. The van der Waals surface area contributed by atoms with Crippen molar-refractivity contribution >= 4 is 17.7 Å². The van der Waals surface area contributed by atoms with Gasteiger partial charge in [0, 0.05) is 17.8 Å². The number of aliphatic hydroxyl groups excluding tert-OH is 1. The van der Waals surface area contributed by atoms with Gasteiger partial charge in [0.15, 0.2) is 0 Å². The molecule has 1 rings (SSSR count). The van der Waals surface area contributed by atoms with Gasteiger partial charge in [-0.05, 0) is 39.6 Å². The van der Waals surface area contributed by atoms with Gasteiger partial charge >= 0.3 is 0 Å². The first-order chi connectivity index (χ1) is 8.08. The summed E-state index contributed by atoms with van der Waals surface area (Å²) in [7, 11) is 2.06. The zero-order valence-corrected chi connectivity index (χ0v) is 11.8. The van der Waals surface area contributed by atoms with Crippen LogP contribution in [-0.2, 0) is 4.79 Å². The van der Waals surface area contributed by atoms with Crippen molar-refractivity contribution < 1.29 is 9.90 Å². The second kappa shape index (κ2) is 7.24. The molecular weight excluding hydrogens is 236 g/mol. The van der Waals surface area contributed by atoms with Gasteiger partial charge in [0.05, 0.1) is 12.5 Å². The van der Waals surface area contributed by atoms with E-state index in [9.17, 15) is 9.90 Å². The van der Waals surface area contributed by atoms with Crippen LogP contribution >= 0.6 is 11.8 Å². The zero-order valence-electron chi connectivity index (χ0n) is 11.0. The Balaban J connectivity index is 2.42. The fourth-order valence-corrected chi connectivity index (χ4v) is 2.88. The van der Waals surface area contributed by atoms with E-state index < -0.39 is 0 Å². The third-order valence-electron chi connectivity index (χ3n) is 3.41. The predicted octanol–water partition coefficient (Wildman–Crippen LogP) is 0.557. The highest BCUT2D eigenvalue weighted by Crippen LogP contribution is 2.16. The van der Waals surface area contributed by atoms with Gasteiger partial charge in [-0.15, -0.1) is 0 Å². The van der Waals surface area contributed by atoms with Gasteiger partial charge < -0.3 is 15.3 Å². The third-order valence-corrected chi connectivity index (χ3v) is 4.57. The van der Waals surface area contributed by atoms with Crippen molar-refractivity contribution in [1.82, 2.24) is 10.2 Å². The Morgan fingerprint density at radius 3 is 2.88 bits per heavy atom. The highest BCUT2D eigenvalue weighted by atomic mass is 32.2. The summed E-state index contributed by atoms with van der Waals surface area (Å²) in [5, 5.41) is 12.3. The van der Waals surface area contributed by atoms with Crippen LogP contribution in [0.2, 0.25) is 0 Å². The Labute approximate surface area is 108 Å². The summed E-state index contributed by atoms with van der Waals surface area (Å²) in [5.41, 5.74) is 0. The molecule has 1 fully saturated rings. The number of thioether (sulfide) groups is 1. The fourth-order valence-electron chi connectivity index (χ4n) is 2.25. The lowest BCUT2D eigenvalue weighted by molar-refractivity contribution is -0.127. The number of hydrogen-bond acceptors (Lipinski definition) is 4. The number of carbonyl (C=O) groups is 1. The first-order valence-electron chi connectivity index (χ1n) is 6.21. The van der Waals surface area contributed by atoms with E-state index in [0.717, 1.165) is 25.9 Å². The molecule has 1 heterocycles. The van der Waals surface area contributed by atoms with Crippen LogP contribution in [-0.4, -0.2) is 60.2 Å². The van der Waals surface area contributed by atoms with E-state index in [-0.39, 0.29) is 29.7 Å². The molecule has 1 saturated heterocycles. The smallest absolute Gasteiger partial charge is 0.224 e. The van der Waals surface area contributed by atoms with Crippen LogP contribution in [0.15, 0.2) is 0 Å². The second-order valence-electron chi connectivity index (χ2n) is 4.86. The third kappa shape index (κ3) is 4.48. The maximum Gasteiger partial charge on any atom is 0.224 e. The van der Waals surface area contributed by atoms with Crippen molar-refractivity contribution in [3.63, 3.8) is 0 Å². The van der Waals surface area contributed by atoms with E-state index in [1.165, 1.54) is 0 Å². The van der Waals surface area contributed by atoms with Crippen molar-refractivity contribution in [2.45, 2.75) is 31.1 Å². The second-order valence-corrected chi connectivity index (χ2v) is 5.93. The molecule has 0 aromatic rings. The molecule has 1 amide bonds. The molecule has 17 heavy (non-hydrogen) atoms. The molecule has 3 atom stereocenters. The maximum atomic E-state index is 12.1. The molecule has 2 N–H and O–H groups in total. The Morgan fingerprint density at radius 1 is 1.65 bits per heavy atom. The molecule has 0 spiro atoms. The Bertz CT molecular complexity index is 247. The number of nitrogens with zero attached hydrogens (tertiary/aromatic N) is 1. The van der Waals surface area contributed by atoms with Crippen LogP contribution in [0, 0.1) is 5.92 Å². The lowest BCUT2D eigenvalue weighted by Gasteiger charge is -2.30. The molecule has 1 aliphatic rings. The molecule has 0 bridgehead atoms. The molecule has 0 unspecified atom stereocenters. The van der Waals surface area contributed by atoms with Gasteiger partial charge in [-0.3, -0.25) is 4.79 Å². The summed E-state index contributed by atoms with van der Waals surface area (Å²) in [6.07, 6.45) is 4.03. The number of nitrogens with one attached hydrogen (secondary N) is 1. The maximum absolute atomic E-state index is 12.1. The minimum Gasteiger partial charge on any atom is -0.395 e. The standard InChI is InChI=1S/C12H24N2O2S/c1-9(11(8-15)17-3)13-12(16)10-5-4-6-14(2)7-10/h9-11,15H,4-8H2,1-3H3,(H,13,16)/t9-,10+,11+/m0/s1. The van der Waals surface area contributed by atoms with Gasteiger partial charge in [0.2, 0.25) is 5.91 Å². The summed E-state index contributed by atoms with van der Waals surface area (Å²) in [6, 6.07) is 0.0229. The molecule has 4 nitrogen and oxygen atoms in total. The van der Waals surface area contributed by atoms with Gasteiger partial charge in [0.1, 0.15) is 0 Å². The topological polar surface area (TPSA) is 52.6 Å². The Hall–Kier alpha value is -0.260. The van der Waals surface area contributed by atoms with Gasteiger partial charge in [-0.1, -0.05) is 0 Å². The summed E-state index contributed by atoms with van der Waals surface area (Å²) in [4.78, 5) is 14.3. The fraction of sp³-hybridized carbons (Fsp3) is 0.917. The molecule has 0 aromatic carbocycles. The first kappa shape index (κ1) is 14.8. The first-order valence-corrected chi connectivity index (χ1v) is 7.49. The van der Waals surface area contributed by atoms with E-state index in [4.69, 9.17) is 0 Å². The predicted molar refractivity (Wildman–Crippen MR) is 72.2 cm³/mol. The molecule has 0 saturated carbocycles. The Kier molecular flexibility index (Phi) is 6.30. The molecule has 0 aliphatic carbocycles. The number of carbonyl (C=O) groups excluding carboxylic acids is 1. The van der Waals surface area contributed by atoms with Crippen molar-refractivity contribution in [3.05, 3.63) is 0 Å². The number of likely N-dealkylation sites (tertiary alicyclic amines) is 1. The lowest BCUT2D eigenvalue weighted by atomic mass is 9.97. The van der Waals surface area contributed by atoms with Crippen LogP contribution in [0.25, 0.3) is 0 Å². The summed E-state index contributed by atoms with van der Waals surface area (Å²) in [5.74, 6) is 0.244. The van der Waals surface area contributed by atoms with Crippen molar-refractivity contribution in [1.29, 1.82) is 0 Å². The van der Waals surface area contributed by atoms with Crippen molar-refractivity contribution in [2.24, 2.45) is 5.92 Å². The molecular formula is C12H24N2O2S. The van der Waals surface area contributed by atoms with E-state index in [2.05, 4.69) is 17.3 Å². The van der Waals surface area contributed by atoms with Gasteiger partial charge in [0.25, 0.3) is 0 Å². The minimum atomic E-state index is 0.0229. The van der Waals surface area contributed by atoms with Crippen LogP contribution in [0.4, 0.5) is 0 Å². The van der Waals surface area contributed by atoms with E-state index in [1.54, 1.807) is 11.8 Å². The van der Waals surface area contributed by atoms with Crippen LogP contribution in [0.3, 0.4) is 0 Å². The largest absolute Gasteiger partial charge is 0.395 e. The molecule has 100 valence electrons. The number of piperidine rings is 1. The molecule has 5 heteroatoms. The molecule has 1 aliphatic heterocycles. The zero-order chi connectivity index (χ0) is 12.8. The quantitative estimate of drug-likeness (QED) is 0.758. The summed E-state index contributed by atoms with van der Waals surface area (Å²) >= 11 is 1.59. The van der Waals surface area contributed by atoms with Crippen LogP contribution < -0.4 is 5.32 Å². The minimum absolute atomic E-state index is 0.0229. The average molecular weight is 260 g/mol. The van der Waals surface area contributed by atoms with Crippen LogP contribution in [0.5, 0.6) is 0 Å². The number of amides is 1. The van der Waals surface area contributed by atoms with Crippen LogP contribution in [0.1, 0.15) is 19.8 Å².